The topological polar surface area (TPSA) is 75.6 Å². The highest BCUT2D eigenvalue weighted by Crippen LogP contribution is 2.14. The van der Waals surface area contributed by atoms with Crippen LogP contribution in [0.5, 0.6) is 0 Å². The third-order valence-corrected chi connectivity index (χ3v) is 2.37. The Morgan fingerprint density at radius 2 is 2.17 bits per heavy atom. The average Bonchev–Trinajstić information content (AvgIpc) is 2.33. The Hall–Kier alpha value is -1.88. The van der Waals surface area contributed by atoms with Crippen LogP contribution in [0.15, 0.2) is 24.3 Å². The minimum absolute atomic E-state index is 0.133. The van der Waals surface area contributed by atoms with Crippen LogP contribution in [0.4, 0.5) is 0 Å². The van der Waals surface area contributed by atoms with Gasteiger partial charge in [0.05, 0.1) is 0 Å². The van der Waals surface area contributed by atoms with Crippen molar-refractivity contribution in [2.24, 2.45) is 0 Å². The molecule has 0 aliphatic rings. The Balaban J connectivity index is 2.77. The Morgan fingerprint density at radius 3 is 2.72 bits per heavy atom. The number of rotatable bonds is 6. The number of hydrogen-bond donors (Lipinski definition) is 2. The molecule has 0 aromatic heterocycles. The Labute approximate surface area is 106 Å². The van der Waals surface area contributed by atoms with Gasteiger partial charge in [0.2, 0.25) is 5.91 Å². The van der Waals surface area contributed by atoms with Crippen molar-refractivity contribution in [1.82, 2.24) is 5.32 Å². The number of hydrogen-bond acceptors (Lipinski definition) is 3. The molecule has 0 saturated carbocycles. The summed E-state index contributed by atoms with van der Waals surface area (Å²) in [5.74, 6) is -1.53. The zero-order valence-electron chi connectivity index (χ0n) is 10.5. The smallest absolute Gasteiger partial charge is 0.330 e. The van der Waals surface area contributed by atoms with Gasteiger partial charge in [0.15, 0.2) is 6.04 Å². The summed E-state index contributed by atoms with van der Waals surface area (Å²) in [5.41, 5.74) is 1.49. The fourth-order valence-corrected chi connectivity index (χ4v) is 1.53. The summed E-state index contributed by atoms with van der Waals surface area (Å²) in [5, 5.41) is 11.6. The van der Waals surface area contributed by atoms with E-state index in [-0.39, 0.29) is 6.61 Å². The Bertz CT molecular complexity index is 431. The first-order chi connectivity index (χ1) is 8.54. The van der Waals surface area contributed by atoms with E-state index in [1.807, 2.05) is 13.0 Å². The van der Waals surface area contributed by atoms with E-state index in [9.17, 15) is 9.59 Å². The zero-order valence-corrected chi connectivity index (χ0v) is 10.5. The highest BCUT2D eigenvalue weighted by atomic mass is 16.5. The molecule has 0 spiro atoms. The van der Waals surface area contributed by atoms with Crippen molar-refractivity contribution in [3.63, 3.8) is 0 Å². The fraction of sp³-hybridized carbons (Fsp3) is 0.385. The summed E-state index contributed by atoms with van der Waals surface area (Å²) in [6.07, 6.45) is 0. The van der Waals surface area contributed by atoms with Gasteiger partial charge in [-0.1, -0.05) is 29.8 Å². The van der Waals surface area contributed by atoms with E-state index in [0.29, 0.717) is 12.2 Å². The molecule has 18 heavy (non-hydrogen) atoms. The van der Waals surface area contributed by atoms with E-state index in [1.165, 1.54) is 0 Å². The van der Waals surface area contributed by atoms with Crippen LogP contribution in [0.25, 0.3) is 0 Å². The fourth-order valence-electron chi connectivity index (χ4n) is 1.53. The first kappa shape index (κ1) is 14.2. The Morgan fingerprint density at radius 1 is 1.44 bits per heavy atom. The largest absolute Gasteiger partial charge is 0.479 e. The SMILES string of the molecule is CCOCC(=O)NC(C(=O)O)c1cccc(C)c1. The van der Waals surface area contributed by atoms with Crippen LogP contribution in [0.1, 0.15) is 24.1 Å². The number of carbonyl (C=O) groups excluding carboxylic acids is 1. The van der Waals surface area contributed by atoms with E-state index >= 15 is 0 Å². The third-order valence-electron chi connectivity index (χ3n) is 2.37. The van der Waals surface area contributed by atoms with E-state index in [0.717, 1.165) is 5.56 Å². The second kappa shape index (κ2) is 6.76. The summed E-state index contributed by atoms with van der Waals surface area (Å²) in [7, 11) is 0. The van der Waals surface area contributed by atoms with Gasteiger partial charge in [0.25, 0.3) is 0 Å². The molecular formula is C13H17NO4. The van der Waals surface area contributed by atoms with E-state index < -0.39 is 17.9 Å². The minimum atomic E-state index is -1.09. The molecule has 0 aliphatic heterocycles. The number of carboxylic acids is 1. The number of benzene rings is 1. The summed E-state index contributed by atoms with van der Waals surface area (Å²) in [4.78, 5) is 22.6. The van der Waals surface area contributed by atoms with Gasteiger partial charge in [0, 0.05) is 6.61 Å². The normalized spacial score (nSPS) is 11.9. The third kappa shape index (κ3) is 4.18. The standard InChI is InChI=1S/C13H17NO4/c1-3-18-8-11(15)14-12(13(16)17)10-6-4-5-9(2)7-10/h4-7,12H,3,8H2,1-2H3,(H,14,15)(H,16,17). The predicted molar refractivity (Wildman–Crippen MR) is 66.2 cm³/mol. The van der Waals surface area contributed by atoms with Crippen molar-refractivity contribution in [3.8, 4) is 0 Å². The van der Waals surface area contributed by atoms with Crippen LogP contribution in [-0.2, 0) is 14.3 Å². The summed E-state index contributed by atoms with van der Waals surface area (Å²) in [6, 6.07) is 5.99. The van der Waals surface area contributed by atoms with Crippen LogP contribution in [0.2, 0.25) is 0 Å². The highest BCUT2D eigenvalue weighted by molar-refractivity contribution is 5.85. The molecule has 2 N–H and O–H groups in total. The number of ether oxygens (including phenoxy) is 1. The molecule has 0 bridgehead atoms. The van der Waals surface area contributed by atoms with Crippen molar-refractivity contribution < 1.29 is 19.4 Å². The lowest BCUT2D eigenvalue weighted by atomic mass is 10.0. The number of aryl methyl sites for hydroxylation is 1. The van der Waals surface area contributed by atoms with Gasteiger partial charge in [-0.3, -0.25) is 4.79 Å². The van der Waals surface area contributed by atoms with Gasteiger partial charge in [-0.05, 0) is 19.4 Å². The molecule has 0 radical (unpaired) electrons. The molecule has 5 heteroatoms. The molecule has 1 aromatic rings. The van der Waals surface area contributed by atoms with Gasteiger partial charge in [-0.25, -0.2) is 4.79 Å². The molecular weight excluding hydrogens is 234 g/mol. The molecule has 0 fully saturated rings. The molecule has 98 valence electrons. The van der Waals surface area contributed by atoms with Gasteiger partial charge in [-0.2, -0.15) is 0 Å². The number of aliphatic carboxylic acids is 1. The molecule has 1 amide bonds. The lowest BCUT2D eigenvalue weighted by Crippen LogP contribution is -2.36. The molecule has 1 rings (SSSR count). The number of carbonyl (C=O) groups is 2. The van der Waals surface area contributed by atoms with E-state index in [2.05, 4.69) is 5.32 Å². The molecule has 1 atom stereocenters. The molecule has 0 heterocycles. The molecule has 0 saturated heterocycles. The van der Waals surface area contributed by atoms with Crippen molar-refractivity contribution in [2.45, 2.75) is 19.9 Å². The van der Waals surface area contributed by atoms with Crippen LogP contribution in [-0.4, -0.2) is 30.2 Å². The molecule has 0 aliphatic carbocycles. The van der Waals surface area contributed by atoms with Gasteiger partial charge in [0.1, 0.15) is 6.61 Å². The minimum Gasteiger partial charge on any atom is -0.479 e. The average molecular weight is 251 g/mol. The zero-order chi connectivity index (χ0) is 13.5. The maximum atomic E-state index is 11.5. The second-order valence-corrected chi connectivity index (χ2v) is 3.89. The molecule has 1 unspecified atom stereocenters. The van der Waals surface area contributed by atoms with E-state index in [4.69, 9.17) is 9.84 Å². The van der Waals surface area contributed by atoms with Crippen molar-refractivity contribution in [3.05, 3.63) is 35.4 Å². The summed E-state index contributed by atoms with van der Waals surface area (Å²) in [6.45, 7) is 3.91. The summed E-state index contributed by atoms with van der Waals surface area (Å²) < 4.78 is 4.93. The Kier molecular flexibility index (Phi) is 5.32. The van der Waals surface area contributed by atoms with Gasteiger partial charge < -0.3 is 15.2 Å². The summed E-state index contributed by atoms with van der Waals surface area (Å²) >= 11 is 0. The van der Waals surface area contributed by atoms with Crippen molar-refractivity contribution in [2.75, 3.05) is 13.2 Å². The predicted octanol–water partition coefficient (Wildman–Crippen LogP) is 1.27. The van der Waals surface area contributed by atoms with E-state index in [1.54, 1.807) is 25.1 Å². The highest BCUT2D eigenvalue weighted by Gasteiger charge is 2.21. The second-order valence-electron chi connectivity index (χ2n) is 3.89. The van der Waals surface area contributed by atoms with Crippen LogP contribution in [0.3, 0.4) is 0 Å². The molecule has 5 nitrogen and oxygen atoms in total. The van der Waals surface area contributed by atoms with Crippen LogP contribution >= 0.6 is 0 Å². The number of nitrogens with one attached hydrogen (secondary N) is 1. The number of amides is 1. The number of carboxylic acid groups (broad SMARTS) is 1. The molecule has 1 aromatic carbocycles. The lowest BCUT2D eigenvalue weighted by Gasteiger charge is -2.15. The monoisotopic (exact) mass is 251 g/mol. The van der Waals surface area contributed by atoms with Gasteiger partial charge in [-0.15, -0.1) is 0 Å². The van der Waals surface area contributed by atoms with Crippen LogP contribution < -0.4 is 5.32 Å². The first-order valence-electron chi connectivity index (χ1n) is 5.71. The van der Waals surface area contributed by atoms with Crippen molar-refractivity contribution in [1.29, 1.82) is 0 Å². The lowest BCUT2D eigenvalue weighted by molar-refractivity contribution is -0.142. The quantitative estimate of drug-likeness (QED) is 0.798. The van der Waals surface area contributed by atoms with Crippen LogP contribution in [0, 0.1) is 6.92 Å². The van der Waals surface area contributed by atoms with Crippen molar-refractivity contribution >= 4 is 11.9 Å². The van der Waals surface area contributed by atoms with Gasteiger partial charge >= 0.3 is 5.97 Å². The maximum absolute atomic E-state index is 11.5. The first-order valence-corrected chi connectivity index (χ1v) is 5.71. The maximum Gasteiger partial charge on any atom is 0.330 e.